The summed E-state index contributed by atoms with van der Waals surface area (Å²) in [5, 5.41) is 0. The molecule has 126 valence electrons. The van der Waals surface area contributed by atoms with Crippen molar-refractivity contribution < 1.29 is 22.8 Å². The third-order valence-electron chi connectivity index (χ3n) is 4.45. The van der Waals surface area contributed by atoms with E-state index >= 15 is 0 Å². The van der Waals surface area contributed by atoms with Crippen LogP contribution in [-0.2, 0) is 9.59 Å². The summed E-state index contributed by atoms with van der Waals surface area (Å²) < 4.78 is 40.5. The molecule has 0 aliphatic heterocycles. The predicted octanol–water partition coefficient (Wildman–Crippen LogP) is 3.75. The maximum absolute atomic E-state index is 13.5. The highest BCUT2D eigenvalue weighted by molar-refractivity contribution is 5.85. The van der Waals surface area contributed by atoms with Crippen LogP contribution in [0.15, 0.2) is 30.3 Å². The van der Waals surface area contributed by atoms with E-state index in [2.05, 4.69) is 0 Å². The van der Waals surface area contributed by atoms with Crippen LogP contribution in [0.4, 0.5) is 13.2 Å². The topological polar surface area (TPSA) is 37.4 Å². The van der Waals surface area contributed by atoms with Crippen LogP contribution < -0.4 is 0 Å². The SMILES string of the molecule is C[C@@H]1CC(=O)CC[C@@H]1C(=O)N(C)[C@@H](c1ccccc1)C(F)(F)F. The normalized spacial score (nSPS) is 23.4. The fraction of sp³-hybridized carbons (Fsp3) is 0.529. The highest BCUT2D eigenvalue weighted by Crippen LogP contribution is 2.39. The molecule has 0 unspecified atom stereocenters. The second-order valence-corrected chi connectivity index (χ2v) is 6.17. The van der Waals surface area contributed by atoms with E-state index in [0.29, 0.717) is 6.42 Å². The molecule has 0 saturated heterocycles. The molecule has 0 spiro atoms. The summed E-state index contributed by atoms with van der Waals surface area (Å²) in [5.41, 5.74) is 0.0374. The molecule has 0 bridgehead atoms. The molecule has 3 atom stereocenters. The average Bonchev–Trinajstić information content (AvgIpc) is 2.46. The molecular formula is C17H20F3NO2. The molecule has 0 aromatic heterocycles. The van der Waals surface area contributed by atoms with E-state index in [9.17, 15) is 22.8 Å². The summed E-state index contributed by atoms with van der Waals surface area (Å²) in [6.07, 6.45) is -3.72. The predicted molar refractivity (Wildman–Crippen MR) is 79.5 cm³/mol. The van der Waals surface area contributed by atoms with Gasteiger partial charge in [0.15, 0.2) is 6.04 Å². The average molecular weight is 327 g/mol. The molecule has 6 heteroatoms. The zero-order valence-electron chi connectivity index (χ0n) is 13.1. The second-order valence-electron chi connectivity index (χ2n) is 6.17. The third-order valence-corrected chi connectivity index (χ3v) is 4.45. The van der Waals surface area contributed by atoms with Crippen molar-refractivity contribution in [1.82, 2.24) is 4.90 Å². The summed E-state index contributed by atoms with van der Waals surface area (Å²) >= 11 is 0. The van der Waals surface area contributed by atoms with Crippen molar-refractivity contribution in [3.63, 3.8) is 0 Å². The molecule has 1 aromatic carbocycles. The Morgan fingerprint density at radius 3 is 2.39 bits per heavy atom. The molecule has 1 aliphatic rings. The summed E-state index contributed by atoms with van der Waals surface area (Å²) in [7, 11) is 1.19. The monoisotopic (exact) mass is 327 g/mol. The molecule has 0 heterocycles. The zero-order chi connectivity index (χ0) is 17.2. The Kier molecular flexibility index (Phi) is 5.12. The van der Waals surface area contributed by atoms with Crippen LogP contribution in [0, 0.1) is 11.8 Å². The minimum atomic E-state index is -4.56. The van der Waals surface area contributed by atoms with E-state index in [4.69, 9.17) is 0 Å². The summed E-state index contributed by atoms with van der Waals surface area (Å²) in [5.74, 6) is -1.24. The minimum Gasteiger partial charge on any atom is -0.330 e. The molecule has 1 aromatic rings. The molecule has 23 heavy (non-hydrogen) atoms. The highest BCUT2D eigenvalue weighted by atomic mass is 19.4. The van der Waals surface area contributed by atoms with Crippen molar-refractivity contribution in [2.45, 2.75) is 38.4 Å². The van der Waals surface area contributed by atoms with Crippen molar-refractivity contribution in [2.24, 2.45) is 11.8 Å². The van der Waals surface area contributed by atoms with Gasteiger partial charge in [0.25, 0.3) is 0 Å². The maximum atomic E-state index is 13.5. The van der Waals surface area contributed by atoms with Gasteiger partial charge in [-0.15, -0.1) is 0 Å². The largest absolute Gasteiger partial charge is 0.413 e. The van der Waals surface area contributed by atoms with Gasteiger partial charge in [-0.1, -0.05) is 37.3 Å². The van der Waals surface area contributed by atoms with Gasteiger partial charge in [-0.2, -0.15) is 13.2 Å². The first kappa shape index (κ1) is 17.5. The first-order chi connectivity index (χ1) is 10.7. The van der Waals surface area contributed by atoms with Gasteiger partial charge in [-0.3, -0.25) is 9.59 Å². The Morgan fingerprint density at radius 1 is 1.26 bits per heavy atom. The van der Waals surface area contributed by atoms with Gasteiger partial charge >= 0.3 is 6.18 Å². The lowest BCUT2D eigenvalue weighted by Crippen LogP contribution is -2.45. The molecule has 0 N–H and O–H groups in total. The maximum Gasteiger partial charge on any atom is 0.413 e. The molecule has 3 nitrogen and oxygen atoms in total. The number of nitrogens with zero attached hydrogens (tertiary/aromatic N) is 1. The number of ketones is 1. The number of benzene rings is 1. The zero-order valence-corrected chi connectivity index (χ0v) is 13.1. The van der Waals surface area contributed by atoms with Crippen LogP contribution in [0.1, 0.15) is 37.8 Å². The summed E-state index contributed by atoms with van der Waals surface area (Å²) in [4.78, 5) is 24.8. The minimum absolute atomic E-state index is 0.0374. The van der Waals surface area contributed by atoms with Gasteiger partial charge in [0.1, 0.15) is 5.78 Å². The van der Waals surface area contributed by atoms with Crippen molar-refractivity contribution >= 4 is 11.7 Å². The number of carbonyl (C=O) groups is 2. The van der Waals surface area contributed by atoms with Crippen molar-refractivity contribution in [1.29, 1.82) is 0 Å². The van der Waals surface area contributed by atoms with E-state index in [1.165, 1.54) is 31.3 Å². The number of alkyl halides is 3. The molecule has 1 amide bonds. The molecular weight excluding hydrogens is 307 g/mol. The molecule has 1 fully saturated rings. The standard InChI is InChI=1S/C17H20F3NO2/c1-11-10-13(22)8-9-14(11)16(23)21(2)15(17(18,19)20)12-6-4-3-5-7-12/h3-7,11,14-15H,8-10H2,1-2H3/t11-,14+,15+/m1/s1. The van der Waals surface area contributed by atoms with Crippen LogP contribution in [0.25, 0.3) is 0 Å². The Bertz CT molecular complexity index is 571. The van der Waals surface area contributed by atoms with E-state index in [0.717, 1.165) is 4.90 Å². The quantitative estimate of drug-likeness (QED) is 0.848. The van der Waals surface area contributed by atoms with Gasteiger partial charge in [-0.25, -0.2) is 0 Å². The van der Waals surface area contributed by atoms with Gasteiger partial charge in [0.05, 0.1) is 0 Å². The van der Waals surface area contributed by atoms with Crippen LogP contribution in [0.3, 0.4) is 0 Å². The number of hydrogen-bond donors (Lipinski definition) is 0. The lowest BCUT2D eigenvalue weighted by atomic mass is 9.79. The van der Waals surface area contributed by atoms with E-state index < -0.39 is 24.0 Å². The Morgan fingerprint density at radius 2 is 1.87 bits per heavy atom. The lowest BCUT2D eigenvalue weighted by Gasteiger charge is -2.36. The number of carbonyl (C=O) groups excluding carboxylic acids is 2. The van der Waals surface area contributed by atoms with E-state index in [1.54, 1.807) is 13.0 Å². The van der Waals surface area contributed by atoms with Gasteiger partial charge < -0.3 is 4.90 Å². The first-order valence-corrected chi connectivity index (χ1v) is 7.62. The van der Waals surface area contributed by atoms with Crippen molar-refractivity contribution in [3.8, 4) is 0 Å². The number of rotatable bonds is 3. The fourth-order valence-electron chi connectivity index (χ4n) is 3.23. The second kappa shape index (κ2) is 6.72. The van der Waals surface area contributed by atoms with Gasteiger partial charge in [0.2, 0.25) is 5.91 Å². The molecule has 1 aliphatic carbocycles. The summed E-state index contributed by atoms with van der Waals surface area (Å²) in [6, 6.07) is 5.45. The van der Waals surface area contributed by atoms with Gasteiger partial charge in [-0.05, 0) is 17.9 Å². The Hall–Kier alpha value is -1.85. The van der Waals surface area contributed by atoms with Crippen molar-refractivity contribution in [3.05, 3.63) is 35.9 Å². The fourth-order valence-corrected chi connectivity index (χ4v) is 3.23. The van der Waals surface area contributed by atoms with Gasteiger partial charge in [0, 0.05) is 25.8 Å². The first-order valence-electron chi connectivity index (χ1n) is 7.62. The smallest absolute Gasteiger partial charge is 0.330 e. The molecule has 1 saturated carbocycles. The lowest BCUT2D eigenvalue weighted by molar-refractivity contribution is -0.191. The van der Waals surface area contributed by atoms with Crippen LogP contribution in [0.5, 0.6) is 0 Å². The van der Waals surface area contributed by atoms with Crippen LogP contribution in [-0.4, -0.2) is 29.8 Å². The number of halogens is 3. The number of Topliss-reactive ketones (excluding diaryl/α,β-unsaturated/α-hetero) is 1. The Labute approximate surface area is 133 Å². The van der Waals surface area contributed by atoms with Crippen LogP contribution >= 0.6 is 0 Å². The summed E-state index contributed by atoms with van der Waals surface area (Å²) in [6.45, 7) is 1.75. The number of amides is 1. The molecule has 2 rings (SSSR count). The Balaban J connectivity index is 2.25. The van der Waals surface area contributed by atoms with Crippen molar-refractivity contribution in [2.75, 3.05) is 7.05 Å². The molecule has 0 radical (unpaired) electrons. The number of hydrogen-bond acceptors (Lipinski definition) is 2. The van der Waals surface area contributed by atoms with E-state index in [-0.39, 0.29) is 30.1 Å². The third kappa shape index (κ3) is 3.92. The van der Waals surface area contributed by atoms with E-state index in [1.807, 2.05) is 0 Å². The highest BCUT2D eigenvalue weighted by Gasteiger charge is 2.47. The van der Waals surface area contributed by atoms with Crippen LogP contribution in [0.2, 0.25) is 0 Å².